The predicted octanol–water partition coefficient (Wildman–Crippen LogP) is 1.08. The minimum absolute atomic E-state index is 0.0395. The lowest BCUT2D eigenvalue weighted by Crippen LogP contribution is -2.14. The third kappa shape index (κ3) is 4.99. The van der Waals surface area contributed by atoms with Gasteiger partial charge >= 0.3 is 0 Å². The Morgan fingerprint density at radius 2 is 1.50 bits per heavy atom. The summed E-state index contributed by atoms with van der Waals surface area (Å²) in [7, 11) is 0. The van der Waals surface area contributed by atoms with Crippen LogP contribution in [0.3, 0.4) is 0 Å². The molecule has 0 amide bonds. The number of aliphatic hydroxyl groups is 2. The Balaban J connectivity index is 2.20. The molecule has 0 fully saturated rings. The summed E-state index contributed by atoms with van der Waals surface area (Å²) in [6, 6.07) is 7.15. The normalized spacial score (nSPS) is 10.3. The minimum atomic E-state index is -0.0395. The van der Waals surface area contributed by atoms with Crippen molar-refractivity contribution in [1.29, 1.82) is 0 Å². The van der Waals surface area contributed by atoms with Crippen molar-refractivity contribution >= 4 is 35.1 Å². The van der Waals surface area contributed by atoms with E-state index in [1.807, 2.05) is 12.1 Å². The monoisotopic (exact) mass is 324 g/mol. The van der Waals surface area contributed by atoms with Crippen LogP contribution in [0.5, 0.6) is 0 Å². The highest BCUT2D eigenvalue weighted by atomic mass is 35.5. The number of hydrogen-bond acceptors (Lipinski definition) is 8. The van der Waals surface area contributed by atoms with Crippen molar-refractivity contribution in [3.63, 3.8) is 0 Å². The number of halogens is 1. The second-order valence-corrected chi connectivity index (χ2v) is 4.68. The van der Waals surface area contributed by atoms with Gasteiger partial charge in [0.05, 0.1) is 13.2 Å². The van der Waals surface area contributed by atoms with Gasteiger partial charge in [0.15, 0.2) is 0 Å². The van der Waals surface area contributed by atoms with Crippen molar-refractivity contribution in [2.45, 2.75) is 0 Å². The molecule has 0 saturated heterocycles. The van der Waals surface area contributed by atoms with Crippen LogP contribution in [0.2, 0.25) is 5.02 Å². The van der Waals surface area contributed by atoms with E-state index in [1.54, 1.807) is 12.1 Å². The van der Waals surface area contributed by atoms with Crippen LogP contribution in [0, 0.1) is 0 Å². The van der Waals surface area contributed by atoms with Gasteiger partial charge in [0.2, 0.25) is 17.8 Å². The van der Waals surface area contributed by atoms with Crippen LogP contribution in [0.4, 0.5) is 23.5 Å². The van der Waals surface area contributed by atoms with Crippen LogP contribution in [-0.4, -0.2) is 51.5 Å². The Hall–Kier alpha value is -2.16. The maximum Gasteiger partial charge on any atom is 0.233 e. The van der Waals surface area contributed by atoms with Gasteiger partial charge in [-0.2, -0.15) is 15.0 Å². The summed E-state index contributed by atoms with van der Waals surface area (Å²) in [6.45, 7) is 0.560. The van der Waals surface area contributed by atoms with E-state index in [9.17, 15) is 0 Å². The van der Waals surface area contributed by atoms with E-state index >= 15 is 0 Å². The lowest BCUT2D eigenvalue weighted by Gasteiger charge is -2.10. The van der Waals surface area contributed by atoms with Crippen LogP contribution < -0.4 is 16.0 Å². The first kappa shape index (κ1) is 16.2. The Kier molecular flexibility index (Phi) is 6.13. The van der Waals surface area contributed by atoms with E-state index in [0.29, 0.717) is 36.0 Å². The topological polar surface area (TPSA) is 115 Å². The largest absolute Gasteiger partial charge is 0.395 e. The fraction of sp³-hybridized carbons (Fsp3) is 0.308. The van der Waals surface area contributed by atoms with Crippen molar-refractivity contribution in [2.24, 2.45) is 0 Å². The highest BCUT2D eigenvalue weighted by molar-refractivity contribution is 6.30. The molecular weight excluding hydrogens is 308 g/mol. The van der Waals surface area contributed by atoms with Crippen molar-refractivity contribution < 1.29 is 10.2 Å². The number of anilines is 4. The van der Waals surface area contributed by atoms with Crippen LogP contribution >= 0.6 is 11.6 Å². The molecule has 1 aromatic heterocycles. The standard InChI is InChI=1S/C13H17ClN6O2/c14-9-2-1-3-10(8-9)17-13-19-11(15-4-6-21)18-12(20-13)16-5-7-22/h1-3,8,21-22H,4-7H2,(H3,15,16,17,18,19,20). The number of aromatic nitrogens is 3. The summed E-state index contributed by atoms with van der Waals surface area (Å²) in [5.41, 5.74) is 0.736. The fourth-order valence-electron chi connectivity index (χ4n) is 1.62. The molecule has 5 N–H and O–H groups in total. The molecule has 0 atom stereocenters. The first-order chi connectivity index (χ1) is 10.7. The van der Waals surface area contributed by atoms with Gasteiger partial charge in [-0.05, 0) is 18.2 Å². The second-order valence-electron chi connectivity index (χ2n) is 4.24. The Labute approximate surface area is 132 Å². The van der Waals surface area contributed by atoms with Crippen LogP contribution in [-0.2, 0) is 0 Å². The summed E-state index contributed by atoms with van der Waals surface area (Å²) < 4.78 is 0. The van der Waals surface area contributed by atoms with Crippen molar-refractivity contribution in [3.05, 3.63) is 29.3 Å². The second kappa shape index (κ2) is 8.32. The number of benzene rings is 1. The van der Waals surface area contributed by atoms with Gasteiger partial charge in [0.1, 0.15) is 0 Å². The smallest absolute Gasteiger partial charge is 0.233 e. The SMILES string of the molecule is OCCNc1nc(NCCO)nc(Nc2cccc(Cl)c2)n1. The molecule has 0 unspecified atom stereocenters. The molecule has 9 heteroatoms. The average Bonchev–Trinajstić information content (AvgIpc) is 2.51. The lowest BCUT2D eigenvalue weighted by atomic mass is 10.3. The number of nitrogens with zero attached hydrogens (tertiary/aromatic N) is 3. The number of rotatable bonds is 8. The summed E-state index contributed by atoms with van der Waals surface area (Å²) in [4.78, 5) is 12.5. The molecule has 0 bridgehead atoms. The van der Waals surface area contributed by atoms with Gasteiger partial charge in [-0.15, -0.1) is 0 Å². The van der Waals surface area contributed by atoms with Gasteiger partial charge in [-0.25, -0.2) is 0 Å². The van der Waals surface area contributed by atoms with Gasteiger partial charge in [-0.1, -0.05) is 17.7 Å². The summed E-state index contributed by atoms with van der Waals surface area (Å²) in [5, 5.41) is 27.1. The van der Waals surface area contributed by atoms with Crippen molar-refractivity contribution in [3.8, 4) is 0 Å². The lowest BCUT2D eigenvalue weighted by molar-refractivity contribution is 0.310. The molecule has 1 heterocycles. The number of hydrogen-bond donors (Lipinski definition) is 5. The Morgan fingerprint density at radius 1 is 0.909 bits per heavy atom. The predicted molar refractivity (Wildman–Crippen MR) is 85.7 cm³/mol. The minimum Gasteiger partial charge on any atom is -0.395 e. The van der Waals surface area contributed by atoms with E-state index in [2.05, 4.69) is 30.9 Å². The average molecular weight is 325 g/mol. The molecule has 2 rings (SSSR count). The molecule has 0 radical (unpaired) electrons. The maximum atomic E-state index is 8.86. The number of nitrogens with one attached hydrogen (secondary N) is 3. The van der Waals surface area contributed by atoms with E-state index < -0.39 is 0 Å². The van der Waals surface area contributed by atoms with Crippen LogP contribution in [0.25, 0.3) is 0 Å². The van der Waals surface area contributed by atoms with Gasteiger partial charge in [0.25, 0.3) is 0 Å². The highest BCUT2D eigenvalue weighted by Crippen LogP contribution is 2.19. The quantitative estimate of drug-likeness (QED) is 0.490. The zero-order valence-electron chi connectivity index (χ0n) is 11.8. The zero-order chi connectivity index (χ0) is 15.8. The Morgan fingerprint density at radius 3 is 2.05 bits per heavy atom. The molecule has 0 aliphatic rings. The summed E-state index contributed by atoms with van der Waals surface area (Å²) in [5.74, 6) is 0.946. The van der Waals surface area contributed by atoms with Gasteiger partial charge < -0.3 is 26.2 Å². The molecule has 8 nitrogen and oxygen atoms in total. The molecule has 0 aliphatic carbocycles. The molecule has 0 saturated carbocycles. The molecule has 118 valence electrons. The van der Waals surface area contributed by atoms with Crippen LogP contribution in [0.1, 0.15) is 0 Å². The highest BCUT2D eigenvalue weighted by Gasteiger charge is 2.06. The molecule has 22 heavy (non-hydrogen) atoms. The third-order valence-electron chi connectivity index (χ3n) is 2.51. The first-order valence-electron chi connectivity index (χ1n) is 6.69. The molecular formula is C13H17ClN6O2. The Bertz CT molecular complexity index is 587. The number of aliphatic hydroxyl groups excluding tert-OH is 2. The fourth-order valence-corrected chi connectivity index (χ4v) is 1.81. The molecule has 2 aromatic rings. The molecule has 0 aliphatic heterocycles. The third-order valence-corrected chi connectivity index (χ3v) is 2.74. The molecule has 0 spiro atoms. The van der Waals surface area contributed by atoms with Gasteiger partial charge in [-0.3, -0.25) is 0 Å². The first-order valence-corrected chi connectivity index (χ1v) is 7.07. The van der Waals surface area contributed by atoms with E-state index in [4.69, 9.17) is 21.8 Å². The molecule has 1 aromatic carbocycles. The summed E-state index contributed by atoms with van der Waals surface area (Å²) in [6.07, 6.45) is 0. The summed E-state index contributed by atoms with van der Waals surface area (Å²) >= 11 is 5.94. The van der Waals surface area contributed by atoms with Gasteiger partial charge in [0, 0.05) is 23.8 Å². The van der Waals surface area contributed by atoms with E-state index in [-0.39, 0.29) is 13.2 Å². The van der Waals surface area contributed by atoms with Crippen molar-refractivity contribution in [2.75, 3.05) is 42.3 Å². The van der Waals surface area contributed by atoms with E-state index in [1.165, 1.54) is 0 Å². The van der Waals surface area contributed by atoms with Crippen LogP contribution in [0.15, 0.2) is 24.3 Å². The van der Waals surface area contributed by atoms with E-state index in [0.717, 1.165) is 5.69 Å². The zero-order valence-corrected chi connectivity index (χ0v) is 12.5. The van der Waals surface area contributed by atoms with Crippen molar-refractivity contribution in [1.82, 2.24) is 15.0 Å². The maximum absolute atomic E-state index is 8.86.